The van der Waals surface area contributed by atoms with Gasteiger partial charge in [0.25, 0.3) is 5.91 Å². The number of carbonyl (C=O) groups is 1. The fraction of sp³-hybridized carbons (Fsp3) is 0.158. The van der Waals surface area contributed by atoms with Gasteiger partial charge >= 0.3 is 0 Å². The third kappa shape index (κ3) is 4.83. The quantitative estimate of drug-likeness (QED) is 0.684. The summed E-state index contributed by atoms with van der Waals surface area (Å²) < 4.78 is 13.5. The standard InChI is InChI=1S/C19H18FN5O/c20-16-6-2-1-5-15(16)9-11-22-19(26)17-7-8-18(25-24-17)23-13-14-4-3-10-21-12-14/h1-8,10,12H,9,11,13H2,(H,22,26)(H,23,25). The minimum atomic E-state index is -0.340. The Morgan fingerprint density at radius 3 is 2.65 bits per heavy atom. The number of carbonyl (C=O) groups excluding carboxylic acids is 1. The van der Waals surface area contributed by atoms with Gasteiger partial charge in [-0.15, -0.1) is 10.2 Å². The topological polar surface area (TPSA) is 79.8 Å². The number of aromatic nitrogens is 3. The lowest BCUT2D eigenvalue weighted by molar-refractivity contribution is 0.0948. The van der Waals surface area contributed by atoms with Crippen molar-refractivity contribution in [3.05, 3.63) is 83.6 Å². The predicted octanol–water partition coefficient (Wildman–Crippen LogP) is 2.60. The molecular formula is C19H18FN5O. The Balaban J connectivity index is 1.48. The highest BCUT2D eigenvalue weighted by molar-refractivity contribution is 5.92. The van der Waals surface area contributed by atoms with Crippen LogP contribution in [0.15, 0.2) is 60.9 Å². The van der Waals surface area contributed by atoms with Gasteiger partial charge in [0.1, 0.15) is 11.6 Å². The molecule has 3 aromatic rings. The first kappa shape index (κ1) is 17.5. The molecule has 2 aromatic heterocycles. The zero-order valence-corrected chi connectivity index (χ0v) is 14.0. The molecule has 2 heterocycles. The highest BCUT2D eigenvalue weighted by Crippen LogP contribution is 2.07. The van der Waals surface area contributed by atoms with E-state index in [9.17, 15) is 9.18 Å². The lowest BCUT2D eigenvalue weighted by Gasteiger charge is -2.07. The van der Waals surface area contributed by atoms with Crippen molar-refractivity contribution >= 4 is 11.7 Å². The van der Waals surface area contributed by atoms with Gasteiger partial charge in [0, 0.05) is 25.5 Å². The summed E-state index contributed by atoms with van der Waals surface area (Å²) in [4.78, 5) is 16.1. The maximum absolute atomic E-state index is 13.5. The number of hydrogen-bond acceptors (Lipinski definition) is 5. The van der Waals surface area contributed by atoms with Crippen molar-refractivity contribution in [3.63, 3.8) is 0 Å². The van der Waals surface area contributed by atoms with E-state index in [4.69, 9.17) is 0 Å². The zero-order valence-electron chi connectivity index (χ0n) is 14.0. The van der Waals surface area contributed by atoms with E-state index in [1.807, 2.05) is 12.1 Å². The van der Waals surface area contributed by atoms with Crippen molar-refractivity contribution in [3.8, 4) is 0 Å². The fourth-order valence-electron chi connectivity index (χ4n) is 2.35. The monoisotopic (exact) mass is 351 g/mol. The molecule has 0 aliphatic heterocycles. The van der Waals surface area contributed by atoms with Crippen LogP contribution in [0.3, 0.4) is 0 Å². The van der Waals surface area contributed by atoms with Gasteiger partial charge in [-0.05, 0) is 41.8 Å². The molecule has 1 amide bonds. The number of benzene rings is 1. The molecule has 0 atom stereocenters. The van der Waals surface area contributed by atoms with E-state index in [1.165, 1.54) is 6.07 Å². The molecule has 1 aromatic carbocycles. The predicted molar refractivity (Wildman–Crippen MR) is 96.0 cm³/mol. The van der Waals surface area contributed by atoms with Crippen LogP contribution < -0.4 is 10.6 Å². The third-order valence-corrected chi connectivity index (χ3v) is 3.73. The molecule has 0 aliphatic rings. The summed E-state index contributed by atoms with van der Waals surface area (Å²) in [5.41, 5.74) is 1.79. The summed E-state index contributed by atoms with van der Waals surface area (Å²) in [5, 5.41) is 13.7. The first-order chi connectivity index (χ1) is 12.7. The number of halogens is 1. The second kappa shape index (κ2) is 8.66. The first-order valence-electron chi connectivity index (χ1n) is 8.20. The van der Waals surface area contributed by atoms with E-state index in [0.717, 1.165) is 5.56 Å². The van der Waals surface area contributed by atoms with Crippen LogP contribution in [0.5, 0.6) is 0 Å². The Morgan fingerprint density at radius 1 is 1.04 bits per heavy atom. The Hall–Kier alpha value is -3.35. The van der Waals surface area contributed by atoms with E-state index in [2.05, 4.69) is 25.8 Å². The van der Waals surface area contributed by atoms with Crippen molar-refractivity contribution in [1.29, 1.82) is 0 Å². The fourth-order valence-corrected chi connectivity index (χ4v) is 2.35. The molecule has 3 rings (SSSR count). The van der Waals surface area contributed by atoms with Crippen LogP contribution in [0.25, 0.3) is 0 Å². The van der Waals surface area contributed by atoms with Gasteiger partial charge < -0.3 is 10.6 Å². The molecule has 132 valence electrons. The molecule has 0 radical (unpaired) electrons. The van der Waals surface area contributed by atoms with Crippen molar-refractivity contribution < 1.29 is 9.18 Å². The molecule has 0 fully saturated rings. The Kier molecular flexibility index (Phi) is 5.82. The summed E-state index contributed by atoms with van der Waals surface area (Å²) in [6.07, 6.45) is 3.89. The zero-order chi connectivity index (χ0) is 18.2. The minimum absolute atomic E-state index is 0.213. The smallest absolute Gasteiger partial charge is 0.271 e. The number of rotatable bonds is 7. The third-order valence-electron chi connectivity index (χ3n) is 3.73. The highest BCUT2D eigenvalue weighted by atomic mass is 19.1. The van der Waals surface area contributed by atoms with Crippen LogP contribution in [-0.4, -0.2) is 27.6 Å². The lowest BCUT2D eigenvalue weighted by atomic mass is 10.1. The molecular weight excluding hydrogens is 333 g/mol. The largest absolute Gasteiger partial charge is 0.364 e. The van der Waals surface area contributed by atoms with E-state index >= 15 is 0 Å². The van der Waals surface area contributed by atoms with Crippen molar-refractivity contribution in [2.24, 2.45) is 0 Å². The lowest BCUT2D eigenvalue weighted by Crippen LogP contribution is -2.27. The average molecular weight is 351 g/mol. The SMILES string of the molecule is O=C(NCCc1ccccc1F)c1ccc(NCc2cccnc2)nn1. The number of nitrogens with zero attached hydrogens (tertiary/aromatic N) is 3. The maximum atomic E-state index is 13.5. The maximum Gasteiger partial charge on any atom is 0.271 e. The molecule has 0 unspecified atom stereocenters. The van der Waals surface area contributed by atoms with Gasteiger partial charge in [-0.3, -0.25) is 9.78 Å². The Morgan fingerprint density at radius 2 is 1.92 bits per heavy atom. The van der Waals surface area contributed by atoms with Gasteiger partial charge in [-0.2, -0.15) is 0 Å². The normalized spacial score (nSPS) is 10.3. The van der Waals surface area contributed by atoms with Gasteiger partial charge in [0.15, 0.2) is 5.69 Å². The van der Waals surface area contributed by atoms with Gasteiger partial charge in [0.05, 0.1) is 0 Å². The number of anilines is 1. The summed E-state index contributed by atoms with van der Waals surface area (Å²) in [7, 11) is 0. The summed E-state index contributed by atoms with van der Waals surface area (Å²) in [6.45, 7) is 0.888. The molecule has 26 heavy (non-hydrogen) atoms. The molecule has 6 nitrogen and oxygen atoms in total. The van der Waals surface area contributed by atoms with E-state index in [-0.39, 0.29) is 17.4 Å². The number of amides is 1. The first-order valence-corrected chi connectivity index (χ1v) is 8.20. The van der Waals surface area contributed by atoms with Gasteiger partial charge in [-0.25, -0.2) is 4.39 Å². The van der Waals surface area contributed by atoms with Crippen molar-refractivity contribution in [1.82, 2.24) is 20.5 Å². The van der Waals surface area contributed by atoms with Crippen molar-refractivity contribution in [2.45, 2.75) is 13.0 Å². The second-order valence-corrected chi connectivity index (χ2v) is 5.62. The van der Waals surface area contributed by atoms with Crippen LogP contribution in [0.4, 0.5) is 10.2 Å². The van der Waals surface area contributed by atoms with Gasteiger partial charge in [-0.1, -0.05) is 24.3 Å². The molecule has 7 heteroatoms. The molecule has 0 saturated carbocycles. The second-order valence-electron chi connectivity index (χ2n) is 5.62. The van der Waals surface area contributed by atoms with Crippen LogP contribution in [0.2, 0.25) is 0 Å². The average Bonchev–Trinajstić information content (AvgIpc) is 2.69. The molecule has 0 bridgehead atoms. The van der Waals surface area contributed by atoms with Gasteiger partial charge in [0.2, 0.25) is 0 Å². The number of nitrogens with one attached hydrogen (secondary N) is 2. The summed E-state index contributed by atoms with van der Waals surface area (Å²) >= 11 is 0. The molecule has 2 N–H and O–H groups in total. The van der Waals surface area contributed by atoms with E-state index in [1.54, 1.807) is 42.7 Å². The number of pyridine rings is 1. The van der Waals surface area contributed by atoms with E-state index in [0.29, 0.717) is 30.9 Å². The molecule has 0 aliphatic carbocycles. The van der Waals surface area contributed by atoms with Crippen molar-refractivity contribution in [2.75, 3.05) is 11.9 Å². The summed E-state index contributed by atoms with van der Waals surface area (Å²) in [6, 6.07) is 13.6. The highest BCUT2D eigenvalue weighted by Gasteiger charge is 2.08. The van der Waals surface area contributed by atoms with Crippen LogP contribution in [0.1, 0.15) is 21.6 Å². The van der Waals surface area contributed by atoms with Crippen LogP contribution >= 0.6 is 0 Å². The summed E-state index contributed by atoms with van der Waals surface area (Å²) in [5.74, 6) is -0.0463. The minimum Gasteiger partial charge on any atom is -0.364 e. The molecule has 0 spiro atoms. The van der Waals surface area contributed by atoms with E-state index < -0.39 is 0 Å². The molecule has 0 saturated heterocycles. The Labute approximate surface area is 150 Å². The van der Waals surface area contributed by atoms with Crippen LogP contribution in [0, 0.1) is 5.82 Å². The number of hydrogen-bond donors (Lipinski definition) is 2. The van der Waals surface area contributed by atoms with Crippen LogP contribution in [-0.2, 0) is 13.0 Å². The Bertz CT molecular complexity index is 855.